The fourth-order valence-electron chi connectivity index (χ4n) is 3.61. The first-order chi connectivity index (χ1) is 14.1. The lowest BCUT2D eigenvalue weighted by atomic mass is 9.95. The fourth-order valence-corrected chi connectivity index (χ4v) is 4.38. The average molecular weight is 431 g/mol. The van der Waals surface area contributed by atoms with Gasteiger partial charge in [-0.15, -0.1) is 11.3 Å². The molecular formula is C21H23ClN4O2S. The Morgan fingerprint density at radius 1 is 1.28 bits per heavy atom. The fraction of sp³-hybridized carbons (Fsp3) is 0.381. The molecule has 0 radical (unpaired) electrons. The molecule has 0 spiro atoms. The van der Waals surface area contributed by atoms with Gasteiger partial charge in [-0.2, -0.15) is 4.98 Å². The number of thiophene rings is 1. The average Bonchev–Trinajstić information content (AvgIpc) is 3.41. The van der Waals surface area contributed by atoms with E-state index < -0.39 is 0 Å². The number of hydrogen-bond acceptors (Lipinski definition) is 6. The van der Waals surface area contributed by atoms with Gasteiger partial charge in [-0.3, -0.25) is 9.69 Å². The number of piperidine rings is 1. The maximum Gasteiger partial charge on any atom is 0.241 e. The SMILES string of the molecule is CN(Cc1ccc(Cl)cc1)C(=O)C1CCN(Cc2nc(-c3cccs3)no2)CC1. The lowest BCUT2D eigenvalue weighted by Crippen LogP contribution is -2.40. The van der Waals surface area contributed by atoms with Crippen molar-refractivity contribution in [3.63, 3.8) is 0 Å². The van der Waals surface area contributed by atoms with Crippen molar-refractivity contribution in [2.24, 2.45) is 5.92 Å². The number of halogens is 1. The third kappa shape index (κ3) is 5.04. The van der Waals surface area contributed by atoms with Gasteiger partial charge in [0.05, 0.1) is 11.4 Å². The summed E-state index contributed by atoms with van der Waals surface area (Å²) >= 11 is 7.53. The van der Waals surface area contributed by atoms with E-state index in [2.05, 4.69) is 15.0 Å². The zero-order valence-corrected chi connectivity index (χ0v) is 17.8. The van der Waals surface area contributed by atoms with E-state index in [1.165, 1.54) is 0 Å². The van der Waals surface area contributed by atoms with Crippen molar-refractivity contribution < 1.29 is 9.32 Å². The van der Waals surface area contributed by atoms with Crippen LogP contribution in [0, 0.1) is 5.92 Å². The minimum Gasteiger partial charge on any atom is -0.341 e. The monoisotopic (exact) mass is 430 g/mol. The molecule has 1 aliphatic rings. The van der Waals surface area contributed by atoms with Crippen LogP contribution in [-0.4, -0.2) is 46.0 Å². The van der Waals surface area contributed by atoms with Crippen molar-refractivity contribution in [3.8, 4) is 10.7 Å². The van der Waals surface area contributed by atoms with Crippen LogP contribution in [0.4, 0.5) is 0 Å². The predicted molar refractivity (Wildman–Crippen MR) is 114 cm³/mol. The smallest absolute Gasteiger partial charge is 0.241 e. The van der Waals surface area contributed by atoms with Crippen molar-refractivity contribution in [1.82, 2.24) is 19.9 Å². The summed E-state index contributed by atoms with van der Waals surface area (Å²) in [5, 5.41) is 6.77. The Balaban J connectivity index is 1.26. The van der Waals surface area contributed by atoms with Crippen LogP contribution >= 0.6 is 22.9 Å². The highest BCUT2D eigenvalue weighted by molar-refractivity contribution is 7.13. The van der Waals surface area contributed by atoms with Gasteiger partial charge < -0.3 is 9.42 Å². The van der Waals surface area contributed by atoms with Crippen LogP contribution in [0.1, 0.15) is 24.3 Å². The second-order valence-corrected chi connectivity index (χ2v) is 8.74. The molecule has 8 heteroatoms. The van der Waals surface area contributed by atoms with E-state index in [9.17, 15) is 4.79 Å². The summed E-state index contributed by atoms with van der Waals surface area (Å²) in [5.74, 6) is 1.53. The molecule has 0 unspecified atom stereocenters. The van der Waals surface area contributed by atoms with Crippen LogP contribution in [0.15, 0.2) is 46.3 Å². The summed E-state index contributed by atoms with van der Waals surface area (Å²) in [7, 11) is 1.87. The predicted octanol–water partition coefficient (Wildman–Crippen LogP) is 4.32. The van der Waals surface area contributed by atoms with Gasteiger partial charge in [-0.25, -0.2) is 0 Å². The molecule has 0 bridgehead atoms. The molecule has 1 saturated heterocycles. The van der Waals surface area contributed by atoms with E-state index in [4.69, 9.17) is 16.1 Å². The van der Waals surface area contributed by atoms with Crippen molar-refractivity contribution in [2.75, 3.05) is 20.1 Å². The van der Waals surface area contributed by atoms with E-state index in [1.54, 1.807) is 11.3 Å². The van der Waals surface area contributed by atoms with E-state index in [0.29, 0.717) is 29.8 Å². The quantitative estimate of drug-likeness (QED) is 0.582. The standard InChI is InChI=1S/C21H23ClN4O2S/c1-25(13-15-4-6-17(22)7-5-15)21(27)16-8-10-26(11-9-16)14-19-23-20(24-28-19)18-3-2-12-29-18/h2-7,12,16H,8-11,13-14H2,1H3. The molecule has 152 valence electrons. The normalized spacial score (nSPS) is 15.5. The van der Waals surface area contributed by atoms with Crippen LogP contribution in [-0.2, 0) is 17.9 Å². The zero-order chi connectivity index (χ0) is 20.2. The van der Waals surface area contributed by atoms with Gasteiger partial charge in [0.15, 0.2) is 0 Å². The summed E-state index contributed by atoms with van der Waals surface area (Å²) in [5.41, 5.74) is 1.08. The molecule has 0 saturated carbocycles. The number of amides is 1. The van der Waals surface area contributed by atoms with Crippen molar-refractivity contribution in [1.29, 1.82) is 0 Å². The van der Waals surface area contributed by atoms with Gasteiger partial charge in [0.25, 0.3) is 0 Å². The lowest BCUT2D eigenvalue weighted by molar-refractivity contribution is -0.136. The number of nitrogens with zero attached hydrogens (tertiary/aromatic N) is 4. The Labute approximate surface area is 179 Å². The maximum atomic E-state index is 12.8. The molecule has 1 fully saturated rings. The number of carbonyl (C=O) groups is 1. The number of carbonyl (C=O) groups excluding carboxylic acids is 1. The summed E-state index contributed by atoms with van der Waals surface area (Å²) < 4.78 is 5.40. The van der Waals surface area contributed by atoms with Crippen molar-refractivity contribution in [3.05, 3.63) is 58.3 Å². The Morgan fingerprint density at radius 2 is 2.03 bits per heavy atom. The Bertz CT molecular complexity index is 934. The number of likely N-dealkylation sites (tertiary alicyclic amines) is 1. The number of rotatable bonds is 6. The number of aromatic nitrogens is 2. The third-order valence-corrected chi connectivity index (χ3v) is 6.33. The Kier molecular flexibility index (Phi) is 6.28. The molecule has 4 rings (SSSR count). The first-order valence-electron chi connectivity index (χ1n) is 9.67. The summed E-state index contributed by atoms with van der Waals surface area (Å²) in [4.78, 5) is 22.4. The Hall–Kier alpha value is -2.22. The van der Waals surface area contributed by atoms with Crippen LogP contribution in [0.5, 0.6) is 0 Å². The highest BCUT2D eigenvalue weighted by Crippen LogP contribution is 2.24. The summed E-state index contributed by atoms with van der Waals surface area (Å²) in [6, 6.07) is 11.6. The topological polar surface area (TPSA) is 62.5 Å². The molecule has 1 aliphatic heterocycles. The molecule has 0 atom stereocenters. The minimum atomic E-state index is 0.0629. The molecular weight excluding hydrogens is 408 g/mol. The number of hydrogen-bond donors (Lipinski definition) is 0. The largest absolute Gasteiger partial charge is 0.341 e. The summed E-state index contributed by atoms with van der Waals surface area (Å²) in [6.07, 6.45) is 1.69. The first kappa shape index (κ1) is 20.1. The van der Waals surface area contributed by atoms with Crippen LogP contribution in [0.25, 0.3) is 10.7 Å². The van der Waals surface area contributed by atoms with Crippen molar-refractivity contribution >= 4 is 28.8 Å². The van der Waals surface area contributed by atoms with Gasteiger partial charge in [-0.05, 0) is 55.1 Å². The Morgan fingerprint density at radius 3 is 2.72 bits per heavy atom. The van der Waals surface area contributed by atoms with Crippen LogP contribution in [0.3, 0.4) is 0 Å². The molecule has 1 amide bonds. The molecule has 1 aromatic carbocycles. The molecule has 3 heterocycles. The van der Waals surface area contributed by atoms with Gasteiger partial charge >= 0.3 is 0 Å². The van der Waals surface area contributed by atoms with E-state index in [1.807, 2.05) is 53.7 Å². The molecule has 2 aromatic heterocycles. The second kappa shape index (κ2) is 9.07. The second-order valence-electron chi connectivity index (χ2n) is 7.36. The highest BCUT2D eigenvalue weighted by Gasteiger charge is 2.28. The molecule has 0 N–H and O–H groups in total. The zero-order valence-electron chi connectivity index (χ0n) is 16.3. The van der Waals surface area contributed by atoms with Gasteiger partial charge in [0.2, 0.25) is 17.6 Å². The lowest BCUT2D eigenvalue weighted by Gasteiger charge is -2.32. The van der Waals surface area contributed by atoms with E-state index in [0.717, 1.165) is 36.4 Å². The van der Waals surface area contributed by atoms with E-state index >= 15 is 0 Å². The first-order valence-corrected chi connectivity index (χ1v) is 10.9. The van der Waals surface area contributed by atoms with Crippen molar-refractivity contribution in [2.45, 2.75) is 25.9 Å². The van der Waals surface area contributed by atoms with Crippen LogP contribution < -0.4 is 0 Å². The summed E-state index contributed by atoms with van der Waals surface area (Å²) in [6.45, 7) is 2.92. The minimum absolute atomic E-state index is 0.0629. The maximum absolute atomic E-state index is 12.8. The van der Waals surface area contributed by atoms with E-state index in [-0.39, 0.29) is 11.8 Å². The molecule has 3 aromatic rings. The molecule has 29 heavy (non-hydrogen) atoms. The van der Waals surface area contributed by atoms with Crippen LogP contribution in [0.2, 0.25) is 5.02 Å². The van der Waals surface area contributed by atoms with Gasteiger partial charge in [0.1, 0.15) is 0 Å². The highest BCUT2D eigenvalue weighted by atomic mass is 35.5. The molecule has 0 aliphatic carbocycles. The molecule has 6 nitrogen and oxygen atoms in total. The van der Waals surface area contributed by atoms with Gasteiger partial charge in [-0.1, -0.05) is 35.0 Å². The number of benzene rings is 1. The third-order valence-electron chi connectivity index (χ3n) is 5.21. The van der Waals surface area contributed by atoms with Gasteiger partial charge in [0, 0.05) is 24.5 Å².